The Labute approximate surface area is 177 Å². The van der Waals surface area contributed by atoms with Crippen molar-refractivity contribution in [2.75, 3.05) is 24.2 Å². The zero-order valence-electron chi connectivity index (χ0n) is 17.6. The zero-order valence-corrected chi connectivity index (χ0v) is 17.6. The number of carbonyl (C=O) groups excluding carboxylic acids is 2. The van der Waals surface area contributed by atoms with Crippen LogP contribution >= 0.6 is 0 Å². The Hall–Kier alpha value is -3.44. The van der Waals surface area contributed by atoms with Crippen LogP contribution in [0.2, 0.25) is 0 Å². The highest BCUT2D eigenvalue weighted by Crippen LogP contribution is 2.27. The van der Waals surface area contributed by atoms with Crippen LogP contribution in [0.25, 0.3) is 11.1 Å². The number of aryl methyl sites for hydroxylation is 1. The van der Waals surface area contributed by atoms with Gasteiger partial charge in [-0.15, -0.1) is 0 Å². The Morgan fingerprint density at radius 1 is 0.867 bits per heavy atom. The third kappa shape index (κ3) is 5.55. The monoisotopic (exact) mass is 401 g/mol. The van der Waals surface area contributed by atoms with Gasteiger partial charge in [0.05, 0.1) is 12.6 Å². The number of hydrogen-bond acceptors (Lipinski definition) is 3. The van der Waals surface area contributed by atoms with E-state index in [1.807, 2.05) is 85.8 Å². The van der Waals surface area contributed by atoms with Crippen LogP contribution in [0.15, 0.2) is 78.9 Å². The number of likely N-dealkylation sites (N-methyl/N-ethyl adjacent to an activating group) is 1. The number of para-hydroxylation sites is 1. The summed E-state index contributed by atoms with van der Waals surface area (Å²) in [5.41, 5.74) is 4.61. The number of amides is 2. The van der Waals surface area contributed by atoms with Gasteiger partial charge in [-0.25, -0.2) is 0 Å². The first-order valence-electron chi connectivity index (χ1n) is 9.96. The quantitative estimate of drug-likeness (QED) is 0.610. The van der Waals surface area contributed by atoms with Gasteiger partial charge in [-0.05, 0) is 44.7 Å². The summed E-state index contributed by atoms with van der Waals surface area (Å²) in [5, 5.41) is 5.87. The minimum Gasteiger partial charge on any atom is -0.325 e. The maximum Gasteiger partial charge on any atom is 0.241 e. The first-order valence-corrected chi connectivity index (χ1v) is 9.96. The van der Waals surface area contributed by atoms with Crippen molar-refractivity contribution >= 4 is 23.2 Å². The Bertz CT molecular complexity index is 1000. The molecule has 2 amide bonds. The maximum absolute atomic E-state index is 12.8. The number of nitrogens with zero attached hydrogens (tertiary/aromatic N) is 1. The standard InChI is InChI=1S/C25H27N3O2/c1-18-13-15-21(16-14-18)26-24(29)17-28(3)19(2)25(30)27-23-12-8-7-11-22(23)20-9-5-4-6-10-20/h4-16,19H,17H2,1-3H3,(H,26,29)(H,27,30)/t19-/m1/s1. The third-order valence-corrected chi connectivity index (χ3v) is 5.04. The molecular formula is C25H27N3O2. The van der Waals surface area contributed by atoms with Gasteiger partial charge in [0.2, 0.25) is 11.8 Å². The molecule has 3 aromatic carbocycles. The summed E-state index contributed by atoms with van der Waals surface area (Å²) in [5.74, 6) is -0.324. The molecule has 154 valence electrons. The van der Waals surface area contributed by atoms with Crippen LogP contribution in [0.4, 0.5) is 11.4 Å². The second-order valence-electron chi connectivity index (χ2n) is 7.41. The van der Waals surface area contributed by atoms with Gasteiger partial charge in [0.1, 0.15) is 0 Å². The molecule has 5 nitrogen and oxygen atoms in total. The highest BCUT2D eigenvalue weighted by molar-refractivity contribution is 5.99. The molecular weight excluding hydrogens is 374 g/mol. The minimum absolute atomic E-state index is 0.114. The number of hydrogen-bond donors (Lipinski definition) is 2. The number of rotatable bonds is 7. The molecule has 0 aliphatic heterocycles. The smallest absolute Gasteiger partial charge is 0.241 e. The molecule has 3 rings (SSSR count). The first-order chi connectivity index (χ1) is 14.4. The first kappa shape index (κ1) is 21.3. The molecule has 30 heavy (non-hydrogen) atoms. The summed E-state index contributed by atoms with van der Waals surface area (Å²) < 4.78 is 0. The average molecular weight is 402 g/mol. The van der Waals surface area contributed by atoms with E-state index in [1.54, 1.807) is 18.9 Å². The van der Waals surface area contributed by atoms with Gasteiger partial charge >= 0.3 is 0 Å². The van der Waals surface area contributed by atoms with Crippen molar-refractivity contribution in [3.63, 3.8) is 0 Å². The van der Waals surface area contributed by atoms with E-state index in [2.05, 4.69) is 10.6 Å². The van der Waals surface area contributed by atoms with Gasteiger partial charge in [-0.1, -0.05) is 66.2 Å². The van der Waals surface area contributed by atoms with Crippen molar-refractivity contribution in [1.82, 2.24) is 4.90 Å². The molecule has 3 aromatic rings. The number of carbonyl (C=O) groups is 2. The van der Waals surface area contributed by atoms with Crippen molar-refractivity contribution in [3.05, 3.63) is 84.4 Å². The molecule has 0 bridgehead atoms. The van der Waals surface area contributed by atoms with Crippen LogP contribution in [-0.2, 0) is 9.59 Å². The molecule has 0 unspecified atom stereocenters. The van der Waals surface area contributed by atoms with Crippen molar-refractivity contribution in [1.29, 1.82) is 0 Å². The predicted molar refractivity (Wildman–Crippen MR) is 122 cm³/mol. The fourth-order valence-electron chi connectivity index (χ4n) is 3.10. The molecule has 0 aromatic heterocycles. The molecule has 0 fully saturated rings. The second kappa shape index (κ2) is 9.85. The van der Waals surface area contributed by atoms with E-state index in [9.17, 15) is 9.59 Å². The largest absolute Gasteiger partial charge is 0.325 e. The highest BCUT2D eigenvalue weighted by Gasteiger charge is 2.21. The molecule has 0 saturated heterocycles. The predicted octanol–water partition coefficient (Wildman–Crippen LogP) is 4.56. The lowest BCUT2D eigenvalue weighted by Gasteiger charge is -2.24. The Morgan fingerprint density at radius 2 is 1.50 bits per heavy atom. The lowest BCUT2D eigenvalue weighted by atomic mass is 10.0. The Kier molecular flexibility index (Phi) is 6.99. The Balaban J connectivity index is 1.62. The van der Waals surface area contributed by atoms with E-state index in [4.69, 9.17) is 0 Å². The Morgan fingerprint density at radius 3 is 2.20 bits per heavy atom. The van der Waals surface area contributed by atoms with Gasteiger partial charge in [0, 0.05) is 16.9 Å². The summed E-state index contributed by atoms with van der Waals surface area (Å²) >= 11 is 0. The molecule has 0 saturated carbocycles. The molecule has 0 radical (unpaired) electrons. The van der Waals surface area contributed by atoms with Gasteiger partial charge in [0.25, 0.3) is 0 Å². The number of benzene rings is 3. The molecule has 0 aliphatic carbocycles. The molecule has 0 aliphatic rings. The summed E-state index contributed by atoms with van der Waals surface area (Å²) in [7, 11) is 1.77. The van der Waals surface area contributed by atoms with E-state index in [1.165, 1.54) is 0 Å². The van der Waals surface area contributed by atoms with Crippen LogP contribution in [0.5, 0.6) is 0 Å². The topological polar surface area (TPSA) is 61.4 Å². The summed E-state index contributed by atoms with van der Waals surface area (Å²) in [6, 6.07) is 24.8. The van der Waals surface area contributed by atoms with Gasteiger partial charge in [0.15, 0.2) is 0 Å². The van der Waals surface area contributed by atoms with Crippen molar-refractivity contribution in [3.8, 4) is 11.1 Å². The van der Waals surface area contributed by atoms with Gasteiger partial charge in [-0.2, -0.15) is 0 Å². The highest BCUT2D eigenvalue weighted by atomic mass is 16.2. The second-order valence-corrected chi connectivity index (χ2v) is 7.41. The van der Waals surface area contributed by atoms with Crippen molar-refractivity contribution < 1.29 is 9.59 Å². The molecule has 5 heteroatoms. The van der Waals surface area contributed by atoms with E-state index in [-0.39, 0.29) is 18.4 Å². The van der Waals surface area contributed by atoms with E-state index >= 15 is 0 Å². The average Bonchev–Trinajstić information content (AvgIpc) is 2.75. The van der Waals surface area contributed by atoms with Gasteiger partial charge in [-0.3, -0.25) is 14.5 Å². The minimum atomic E-state index is -0.474. The lowest BCUT2D eigenvalue weighted by Crippen LogP contribution is -2.43. The lowest BCUT2D eigenvalue weighted by molar-refractivity contribution is -0.122. The third-order valence-electron chi connectivity index (χ3n) is 5.04. The number of anilines is 2. The van der Waals surface area contributed by atoms with Crippen molar-refractivity contribution in [2.45, 2.75) is 19.9 Å². The zero-order chi connectivity index (χ0) is 21.5. The van der Waals surface area contributed by atoms with E-state index in [0.717, 1.165) is 28.1 Å². The van der Waals surface area contributed by atoms with Crippen molar-refractivity contribution in [2.24, 2.45) is 0 Å². The van der Waals surface area contributed by atoms with Crippen LogP contribution in [0.1, 0.15) is 12.5 Å². The molecule has 0 heterocycles. The maximum atomic E-state index is 12.8. The normalized spacial score (nSPS) is 11.7. The summed E-state index contributed by atoms with van der Waals surface area (Å²) in [6.45, 7) is 3.90. The van der Waals surface area contributed by atoms with Gasteiger partial charge < -0.3 is 10.6 Å². The number of nitrogens with one attached hydrogen (secondary N) is 2. The molecule has 1 atom stereocenters. The van der Waals surface area contributed by atoms with E-state index < -0.39 is 6.04 Å². The van der Waals surface area contributed by atoms with Crippen LogP contribution in [0, 0.1) is 6.92 Å². The summed E-state index contributed by atoms with van der Waals surface area (Å²) in [6.07, 6.45) is 0. The molecule has 0 spiro atoms. The molecule has 2 N–H and O–H groups in total. The summed E-state index contributed by atoms with van der Waals surface area (Å²) in [4.78, 5) is 26.9. The fourth-order valence-corrected chi connectivity index (χ4v) is 3.10. The van der Waals surface area contributed by atoms with Crippen LogP contribution in [0.3, 0.4) is 0 Å². The van der Waals surface area contributed by atoms with E-state index in [0.29, 0.717) is 0 Å². The van der Waals surface area contributed by atoms with Crippen LogP contribution < -0.4 is 10.6 Å². The fraction of sp³-hybridized carbons (Fsp3) is 0.200. The van der Waals surface area contributed by atoms with Crippen LogP contribution in [-0.4, -0.2) is 36.3 Å². The SMILES string of the molecule is Cc1ccc(NC(=O)CN(C)[C@H](C)C(=O)Nc2ccccc2-c2ccccc2)cc1.